The van der Waals surface area contributed by atoms with Crippen molar-refractivity contribution in [2.24, 2.45) is 5.92 Å². The second-order valence-corrected chi connectivity index (χ2v) is 7.43. The molecule has 1 saturated heterocycles. The molecule has 0 radical (unpaired) electrons. The molecular weight excluding hydrogens is 290 g/mol. The van der Waals surface area contributed by atoms with Gasteiger partial charge in [-0.15, -0.1) is 0 Å². The van der Waals surface area contributed by atoms with Crippen molar-refractivity contribution in [1.82, 2.24) is 14.6 Å². The molecule has 1 aromatic heterocycles. The van der Waals surface area contributed by atoms with Gasteiger partial charge in [0.15, 0.2) is 0 Å². The average molecular weight is 311 g/mol. The molecule has 0 aliphatic carbocycles. The Balaban J connectivity index is 1.97. The van der Waals surface area contributed by atoms with E-state index in [0.29, 0.717) is 19.4 Å². The van der Waals surface area contributed by atoms with Crippen molar-refractivity contribution >= 4 is 15.9 Å². The second kappa shape index (κ2) is 6.53. The predicted octanol–water partition coefficient (Wildman–Crippen LogP) is 0.930. The molecule has 7 heteroatoms. The van der Waals surface area contributed by atoms with E-state index in [1.807, 2.05) is 25.1 Å². The summed E-state index contributed by atoms with van der Waals surface area (Å²) in [6.45, 7) is 2.63. The van der Waals surface area contributed by atoms with E-state index >= 15 is 0 Å². The van der Waals surface area contributed by atoms with Crippen LogP contribution in [0.15, 0.2) is 24.4 Å². The summed E-state index contributed by atoms with van der Waals surface area (Å²) in [5.41, 5.74) is 0.793. The van der Waals surface area contributed by atoms with Crippen molar-refractivity contribution in [2.45, 2.75) is 25.8 Å². The minimum Gasteiger partial charge on any atom is -0.348 e. The van der Waals surface area contributed by atoms with Gasteiger partial charge in [0.1, 0.15) is 0 Å². The molecule has 0 saturated carbocycles. The van der Waals surface area contributed by atoms with Crippen molar-refractivity contribution in [3.8, 4) is 0 Å². The third-order valence-corrected chi connectivity index (χ3v) is 4.98. The fraction of sp³-hybridized carbons (Fsp3) is 0.571. The number of nitrogens with zero attached hydrogens (tertiary/aromatic N) is 2. The van der Waals surface area contributed by atoms with Gasteiger partial charge in [-0.3, -0.25) is 9.78 Å². The summed E-state index contributed by atoms with van der Waals surface area (Å²) < 4.78 is 24.5. The zero-order valence-electron chi connectivity index (χ0n) is 12.3. The first-order chi connectivity index (χ1) is 9.88. The molecule has 0 aromatic carbocycles. The molecule has 2 atom stereocenters. The van der Waals surface area contributed by atoms with E-state index in [2.05, 4.69) is 10.3 Å². The molecule has 1 amide bonds. The highest BCUT2D eigenvalue weighted by atomic mass is 32.2. The normalized spacial score (nSPS) is 21.7. The summed E-state index contributed by atoms with van der Waals surface area (Å²) in [6, 6.07) is 5.36. The monoisotopic (exact) mass is 311 g/mol. The van der Waals surface area contributed by atoms with Gasteiger partial charge < -0.3 is 5.32 Å². The number of hydrogen-bond donors (Lipinski definition) is 1. The quantitative estimate of drug-likeness (QED) is 0.897. The molecular formula is C14H21N3O3S. The first-order valence-electron chi connectivity index (χ1n) is 7.04. The van der Waals surface area contributed by atoms with Gasteiger partial charge in [-0.1, -0.05) is 6.07 Å². The highest BCUT2D eigenvalue weighted by Crippen LogP contribution is 2.20. The first-order valence-corrected chi connectivity index (χ1v) is 8.89. The number of carbonyl (C=O) groups excluding carboxylic acids is 1. The maximum Gasteiger partial charge on any atom is 0.224 e. The summed E-state index contributed by atoms with van der Waals surface area (Å²) >= 11 is 0. The Morgan fingerprint density at radius 1 is 1.48 bits per heavy atom. The largest absolute Gasteiger partial charge is 0.348 e. The molecule has 2 rings (SSSR count). The number of piperidine rings is 1. The smallest absolute Gasteiger partial charge is 0.224 e. The minimum atomic E-state index is -3.23. The van der Waals surface area contributed by atoms with Crippen LogP contribution in [0.1, 0.15) is 31.5 Å². The van der Waals surface area contributed by atoms with Crippen LogP contribution in [-0.4, -0.2) is 43.0 Å². The Hall–Kier alpha value is -1.47. The lowest BCUT2D eigenvalue weighted by Gasteiger charge is -2.30. The van der Waals surface area contributed by atoms with Gasteiger partial charge in [0, 0.05) is 19.3 Å². The maximum atomic E-state index is 12.3. The fourth-order valence-corrected chi connectivity index (χ4v) is 3.41. The number of sulfonamides is 1. The van der Waals surface area contributed by atoms with Crippen LogP contribution in [0.4, 0.5) is 0 Å². The summed E-state index contributed by atoms with van der Waals surface area (Å²) in [6.07, 6.45) is 4.30. The number of hydrogen-bond acceptors (Lipinski definition) is 4. The molecule has 2 heterocycles. The van der Waals surface area contributed by atoms with E-state index in [9.17, 15) is 13.2 Å². The van der Waals surface area contributed by atoms with E-state index < -0.39 is 10.0 Å². The number of aromatic nitrogens is 1. The molecule has 1 aromatic rings. The SMILES string of the molecule is C[C@H](NC(=O)[C@H]1CCCN(S(C)(=O)=O)C1)c1ccccn1. The number of carbonyl (C=O) groups is 1. The summed E-state index contributed by atoms with van der Waals surface area (Å²) in [7, 11) is -3.23. The summed E-state index contributed by atoms with van der Waals surface area (Å²) in [5.74, 6) is -0.402. The van der Waals surface area contributed by atoms with Crippen molar-refractivity contribution in [2.75, 3.05) is 19.3 Å². The Labute approximate surface area is 125 Å². The van der Waals surface area contributed by atoms with Crippen LogP contribution < -0.4 is 5.32 Å². The van der Waals surface area contributed by atoms with Crippen molar-refractivity contribution < 1.29 is 13.2 Å². The summed E-state index contributed by atoms with van der Waals surface area (Å²) in [5, 5.41) is 2.91. The van der Waals surface area contributed by atoms with Crippen LogP contribution in [-0.2, 0) is 14.8 Å². The van der Waals surface area contributed by atoms with E-state index in [-0.39, 0.29) is 24.4 Å². The molecule has 116 valence electrons. The van der Waals surface area contributed by atoms with Crippen LogP contribution in [0.2, 0.25) is 0 Å². The lowest BCUT2D eigenvalue weighted by atomic mass is 9.98. The molecule has 0 spiro atoms. The van der Waals surface area contributed by atoms with Gasteiger partial charge in [0.25, 0.3) is 0 Å². The Morgan fingerprint density at radius 2 is 2.24 bits per heavy atom. The lowest BCUT2D eigenvalue weighted by molar-refractivity contribution is -0.126. The predicted molar refractivity (Wildman–Crippen MR) is 79.9 cm³/mol. The molecule has 1 fully saturated rings. The molecule has 1 aliphatic heterocycles. The van der Waals surface area contributed by atoms with E-state index in [4.69, 9.17) is 0 Å². The standard InChI is InChI=1S/C14H21N3O3S/c1-11(13-7-3-4-8-15-13)16-14(18)12-6-5-9-17(10-12)21(2,19)20/h3-4,7-8,11-12H,5-6,9-10H2,1-2H3,(H,16,18)/t11-,12-/m0/s1. The van der Waals surface area contributed by atoms with Gasteiger partial charge in [-0.05, 0) is 31.9 Å². The van der Waals surface area contributed by atoms with E-state index in [0.717, 1.165) is 5.69 Å². The van der Waals surface area contributed by atoms with Gasteiger partial charge in [-0.25, -0.2) is 12.7 Å². The summed E-state index contributed by atoms with van der Waals surface area (Å²) in [4.78, 5) is 16.5. The number of nitrogens with one attached hydrogen (secondary N) is 1. The highest BCUT2D eigenvalue weighted by Gasteiger charge is 2.30. The number of rotatable bonds is 4. The van der Waals surface area contributed by atoms with E-state index in [1.54, 1.807) is 6.20 Å². The van der Waals surface area contributed by atoms with E-state index in [1.165, 1.54) is 10.6 Å². The van der Waals surface area contributed by atoms with Crippen molar-refractivity contribution in [3.63, 3.8) is 0 Å². The van der Waals surface area contributed by atoms with Crippen LogP contribution in [0, 0.1) is 5.92 Å². The topological polar surface area (TPSA) is 79.4 Å². The molecule has 21 heavy (non-hydrogen) atoms. The van der Waals surface area contributed by atoms with Gasteiger partial charge in [-0.2, -0.15) is 0 Å². The molecule has 1 N–H and O–H groups in total. The van der Waals surface area contributed by atoms with Gasteiger partial charge in [0.05, 0.1) is 23.9 Å². The minimum absolute atomic E-state index is 0.110. The van der Waals surface area contributed by atoms with Crippen molar-refractivity contribution in [3.05, 3.63) is 30.1 Å². The van der Waals surface area contributed by atoms with Crippen LogP contribution in [0.25, 0.3) is 0 Å². The number of pyridine rings is 1. The Morgan fingerprint density at radius 3 is 2.86 bits per heavy atom. The van der Waals surface area contributed by atoms with Gasteiger partial charge >= 0.3 is 0 Å². The van der Waals surface area contributed by atoms with Crippen LogP contribution >= 0.6 is 0 Å². The highest BCUT2D eigenvalue weighted by molar-refractivity contribution is 7.88. The molecule has 1 aliphatic rings. The van der Waals surface area contributed by atoms with Crippen LogP contribution in [0.5, 0.6) is 0 Å². The second-order valence-electron chi connectivity index (χ2n) is 5.45. The first kappa shape index (κ1) is 15.9. The third kappa shape index (κ3) is 4.25. The zero-order valence-corrected chi connectivity index (χ0v) is 13.1. The maximum absolute atomic E-state index is 12.3. The molecule has 0 bridgehead atoms. The molecule has 0 unspecified atom stereocenters. The molecule has 6 nitrogen and oxygen atoms in total. The average Bonchev–Trinajstić information content (AvgIpc) is 2.47. The number of amides is 1. The zero-order chi connectivity index (χ0) is 15.5. The van der Waals surface area contributed by atoms with Crippen molar-refractivity contribution in [1.29, 1.82) is 0 Å². The Bertz CT molecular complexity index is 589. The Kier molecular flexibility index (Phi) is 4.95. The van der Waals surface area contributed by atoms with Gasteiger partial charge in [0.2, 0.25) is 15.9 Å². The fourth-order valence-electron chi connectivity index (χ4n) is 2.49. The third-order valence-electron chi connectivity index (χ3n) is 3.71. The van der Waals surface area contributed by atoms with Crippen LogP contribution in [0.3, 0.4) is 0 Å². The lowest BCUT2D eigenvalue weighted by Crippen LogP contribution is -2.45.